The van der Waals surface area contributed by atoms with Crippen LogP contribution >= 0.6 is 0 Å². The number of hydrogen-bond acceptors (Lipinski definition) is 3. The summed E-state index contributed by atoms with van der Waals surface area (Å²) in [5, 5.41) is 11.2. The van der Waals surface area contributed by atoms with E-state index in [4.69, 9.17) is 0 Å². The molecule has 0 bridgehead atoms. The van der Waals surface area contributed by atoms with Crippen molar-refractivity contribution in [3.05, 3.63) is 98.9 Å². The molecule has 2 aromatic carbocycles. The van der Waals surface area contributed by atoms with Crippen LogP contribution in [0, 0.1) is 24.0 Å². The molecule has 0 spiro atoms. The van der Waals surface area contributed by atoms with Crippen LogP contribution in [0.25, 0.3) is 0 Å². The Hall–Kier alpha value is -2.92. The van der Waals surface area contributed by atoms with Crippen molar-refractivity contribution in [1.82, 2.24) is 9.47 Å². The predicted octanol–water partition coefficient (Wildman–Crippen LogP) is 5.01. The number of nitrogens with zero attached hydrogens (tertiary/aromatic N) is 3. The lowest BCUT2D eigenvalue weighted by Gasteiger charge is -2.32. The summed E-state index contributed by atoms with van der Waals surface area (Å²) in [6.45, 7) is 6.92. The van der Waals surface area contributed by atoms with Crippen LogP contribution in [0.1, 0.15) is 40.4 Å². The molecule has 0 fully saturated rings. The fourth-order valence-corrected chi connectivity index (χ4v) is 4.22. The third-order valence-corrected chi connectivity index (χ3v) is 5.59. The summed E-state index contributed by atoms with van der Waals surface area (Å²) >= 11 is 0. The maximum atomic E-state index is 11.2. The summed E-state index contributed by atoms with van der Waals surface area (Å²) < 4.78 is 2.35. The van der Waals surface area contributed by atoms with Crippen LogP contribution in [-0.4, -0.2) is 20.9 Å². The Bertz CT molecular complexity index is 1010. The number of rotatable bonds is 4. The highest BCUT2D eigenvalue weighted by molar-refractivity contribution is 5.39. The number of aryl methyl sites for hydroxylation is 3. The van der Waals surface area contributed by atoms with Gasteiger partial charge in [-0.25, -0.2) is 0 Å². The molecule has 5 nitrogen and oxygen atoms in total. The predicted molar refractivity (Wildman–Crippen MR) is 110 cm³/mol. The van der Waals surface area contributed by atoms with Gasteiger partial charge < -0.3 is 4.57 Å². The Morgan fingerprint density at radius 3 is 2.75 bits per heavy atom. The summed E-state index contributed by atoms with van der Waals surface area (Å²) in [4.78, 5) is 13.3. The second-order valence-electron chi connectivity index (χ2n) is 7.64. The van der Waals surface area contributed by atoms with Gasteiger partial charge >= 0.3 is 0 Å². The topological polar surface area (TPSA) is 51.3 Å². The van der Waals surface area contributed by atoms with Crippen LogP contribution in [0.3, 0.4) is 0 Å². The van der Waals surface area contributed by atoms with Gasteiger partial charge in [-0.05, 0) is 49.1 Å². The average Bonchev–Trinajstić information content (AvgIpc) is 3.06. The van der Waals surface area contributed by atoms with Gasteiger partial charge in [0.15, 0.2) is 0 Å². The molecule has 1 aliphatic rings. The Balaban J connectivity index is 1.77. The van der Waals surface area contributed by atoms with Gasteiger partial charge in [0, 0.05) is 43.7 Å². The van der Waals surface area contributed by atoms with Gasteiger partial charge in [0.1, 0.15) is 0 Å². The molecule has 0 radical (unpaired) electrons. The molecule has 28 heavy (non-hydrogen) atoms. The van der Waals surface area contributed by atoms with E-state index in [0.717, 1.165) is 25.1 Å². The van der Waals surface area contributed by atoms with Crippen molar-refractivity contribution in [2.24, 2.45) is 0 Å². The fourth-order valence-electron chi connectivity index (χ4n) is 4.22. The molecule has 1 aliphatic heterocycles. The first-order valence-electron chi connectivity index (χ1n) is 9.72. The van der Waals surface area contributed by atoms with Crippen molar-refractivity contribution in [1.29, 1.82) is 0 Å². The van der Waals surface area contributed by atoms with Gasteiger partial charge in [-0.2, -0.15) is 0 Å². The molecule has 5 heteroatoms. The highest BCUT2D eigenvalue weighted by atomic mass is 16.6. The average molecular weight is 375 g/mol. The van der Waals surface area contributed by atoms with Gasteiger partial charge in [-0.3, -0.25) is 15.0 Å². The molecule has 1 aromatic heterocycles. The lowest BCUT2D eigenvalue weighted by Crippen LogP contribution is -2.30. The summed E-state index contributed by atoms with van der Waals surface area (Å²) in [7, 11) is 0. The number of aromatic nitrogens is 1. The molecule has 0 aliphatic carbocycles. The number of fused-ring (bicyclic) bond motifs is 1. The number of hydrogen-bond donors (Lipinski definition) is 0. The van der Waals surface area contributed by atoms with E-state index in [1.54, 1.807) is 18.2 Å². The first-order chi connectivity index (χ1) is 13.5. The van der Waals surface area contributed by atoms with Crippen LogP contribution in [0.15, 0.2) is 60.8 Å². The van der Waals surface area contributed by atoms with Gasteiger partial charge in [-0.1, -0.05) is 35.9 Å². The van der Waals surface area contributed by atoms with Crippen LogP contribution in [0.5, 0.6) is 0 Å². The number of benzene rings is 2. The third kappa shape index (κ3) is 3.58. The molecule has 4 rings (SSSR count). The largest absolute Gasteiger partial charge is 0.350 e. The van der Waals surface area contributed by atoms with Crippen LogP contribution in [0.4, 0.5) is 5.69 Å². The standard InChI is InChI=1S/C23H25N3O2/c1-17-9-10-18(2)21(14-17)23-22-8-4-11-24(22)12-5-13-25(23)16-19-6-3-7-20(15-19)26(27)28/h3-4,6-11,14-15,23H,5,12-13,16H2,1-2H3/t23-/m0/s1. The molecule has 3 aromatic rings. The van der Waals surface area contributed by atoms with Gasteiger partial charge in [0.05, 0.1) is 11.0 Å². The molecular formula is C23H25N3O2. The molecule has 1 atom stereocenters. The Morgan fingerprint density at radius 1 is 1.07 bits per heavy atom. The Labute approximate surface area is 165 Å². The van der Waals surface area contributed by atoms with Crippen LogP contribution in [-0.2, 0) is 13.1 Å². The first-order valence-corrected chi connectivity index (χ1v) is 9.72. The second-order valence-corrected chi connectivity index (χ2v) is 7.64. The smallest absolute Gasteiger partial charge is 0.269 e. The first kappa shape index (κ1) is 18.4. The molecule has 0 amide bonds. The van der Waals surface area contributed by atoms with E-state index in [1.807, 2.05) is 6.07 Å². The number of nitro groups is 1. The van der Waals surface area contributed by atoms with Gasteiger partial charge in [0.2, 0.25) is 0 Å². The highest BCUT2D eigenvalue weighted by Crippen LogP contribution is 2.35. The lowest BCUT2D eigenvalue weighted by molar-refractivity contribution is -0.384. The molecule has 144 valence electrons. The summed E-state index contributed by atoms with van der Waals surface area (Å²) in [6.07, 6.45) is 3.21. The molecule has 2 heterocycles. The van der Waals surface area contributed by atoms with Gasteiger partial charge in [-0.15, -0.1) is 0 Å². The Morgan fingerprint density at radius 2 is 1.93 bits per heavy atom. The molecule has 0 unspecified atom stereocenters. The van der Waals surface area contributed by atoms with E-state index in [1.165, 1.54) is 22.4 Å². The normalized spacial score (nSPS) is 17.1. The van der Waals surface area contributed by atoms with E-state index in [-0.39, 0.29) is 16.7 Å². The fraction of sp³-hybridized carbons (Fsp3) is 0.304. The second kappa shape index (κ2) is 7.60. The van der Waals surface area contributed by atoms with Crippen molar-refractivity contribution in [3.63, 3.8) is 0 Å². The SMILES string of the molecule is Cc1ccc(C)c([C@H]2c3cccn3CCCN2Cc2cccc([N+](=O)[O-])c2)c1. The highest BCUT2D eigenvalue weighted by Gasteiger charge is 2.28. The minimum absolute atomic E-state index is 0.136. The monoisotopic (exact) mass is 375 g/mol. The zero-order valence-electron chi connectivity index (χ0n) is 16.3. The minimum atomic E-state index is -0.320. The zero-order valence-corrected chi connectivity index (χ0v) is 16.3. The molecular weight excluding hydrogens is 350 g/mol. The van der Waals surface area contributed by atoms with E-state index >= 15 is 0 Å². The van der Waals surface area contributed by atoms with E-state index in [0.29, 0.717) is 6.54 Å². The van der Waals surface area contributed by atoms with Crippen LogP contribution < -0.4 is 0 Å². The zero-order chi connectivity index (χ0) is 19.7. The van der Waals surface area contributed by atoms with Crippen molar-refractivity contribution in [2.75, 3.05) is 6.54 Å². The van der Waals surface area contributed by atoms with E-state index in [2.05, 4.69) is 59.8 Å². The minimum Gasteiger partial charge on any atom is -0.350 e. The van der Waals surface area contributed by atoms with E-state index < -0.39 is 0 Å². The molecule has 0 saturated heterocycles. The molecule has 0 saturated carbocycles. The van der Waals surface area contributed by atoms with Crippen molar-refractivity contribution in [3.8, 4) is 0 Å². The maximum absolute atomic E-state index is 11.2. The van der Waals surface area contributed by atoms with Crippen molar-refractivity contribution in [2.45, 2.75) is 39.4 Å². The van der Waals surface area contributed by atoms with Crippen LogP contribution in [0.2, 0.25) is 0 Å². The third-order valence-electron chi connectivity index (χ3n) is 5.59. The lowest BCUT2D eigenvalue weighted by atomic mass is 9.95. The van der Waals surface area contributed by atoms with Crippen molar-refractivity contribution >= 4 is 5.69 Å². The number of nitro benzene ring substituents is 1. The number of non-ortho nitro benzene ring substituents is 1. The maximum Gasteiger partial charge on any atom is 0.269 e. The quantitative estimate of drug-likeness (QED) is 0.476. The summed E-state index contributed by atoms with van der Waals surface area (Å²) in [5.41, 5.74) is 6.25. The van der Waals surface area contributed by atoms with Gasteiger partial charge in [0.25, 0.3) is 5.69 Å². The summed E-state index contributed by atoms with van der Waals surface area (Å²) in [5.74, 6) is 0. The Kier molecular flexibility index (Phi) is 5.01. The van der Waals surface area contributed by atoms with Crippen molar-refractivity contribution < 1.29 is 4.92 Å². The summed E-state index contributed by atoms with van der Waals surface area (Å²) in [6, 6.07) is 18.1. The molecule has 0 N–H and O–H groups in total. The van der Waals surface area contributed by atoms with E-state index in [9.17, 15) is 10.1 Å².